The smallest absolute Gasteiger partial charge is 0.337 e. The van der Waals surface area contributed by atoms with Gasteiger partial charge in [0, 0.05) is 11.6 Å². The van der Waals surface area contributed by atoms with E-state index in [0.29, 0.717) is 6.42 Å². The zero-order chi connectivity index (χ0) is 15.2. The van der Waals surface area contributed by atoms with Gasteiger partial charge in [-0.05, 0) is 18.6 Å². The predicted octanol–water partition coefficient (Wildman–Crippen LogP) is 3.11. The maximum atomic E-state index is 12.0. The Balaban J connectivity index is 2.07. The van der Waals surface area contributed by atoms with Gasteiger partial charge in [0.1, 0.15) is 5.01 Å². The molecule has 1 heterocycles. The van der Waals surface area contributed by atoms with Crippen molar-refractivity contribution in [3.05, 3.63) is 46.4 Å². The Bertz CT molecular complexity index is 628. The predicted molar refractivity (Wildman–Crippen MR) is 80.7 cm³/mol. The molecule has 7 heteroatoms. The van der Waals surface area contributed by atoms with Gasteiger partial charge in [0.2, 0.25) is 0 Å². The molecule has 1 atom stereocenters. The van der Waals surface area contributed by atoms with Crippen LogP contribution < -0.4 is 10.6 Å². The molecule has 0 aliphatic rings. The number of benzene rings is 1. The average molecular weight is 305 g/mol. The van der Waals surface area contributed by atoms with Gasteiger partial charge >= 0.3 is 12.0 Å². The lowest BCUT2D eigenvalue weighted by molar-refractivity contribution is 0.0698. The summed E-state index contributed by atoms with van der Waals surface area (Å²) in [5.41, 5.74) is 0.312. The summed E-state index contributed by atoms with van der Waals surface area (Å²) in [5, 5.41) is 17.1. The number of hydrogen-bond donors (Lipinski definition) is 3. The van der Waals surface area contributed by atoms with Crippen LogP contribution in [0.1, 0.15) is 34.8 Å². The van der Waals surface area contributed by atoms with Gasteiger partial charge in [-0.2, -0.15) is 0 Å². The standard InChI is InChI=1S/C14H15N3O3S/c1-2-10(12-15-7-8-21-12)16-14(20)17-11-6-4-3-5-9(11)13(18)19/h3-8,10H,2H2,1H3,(H,18,19)(H2,16,17,20). The van der Waals surface area contributed by atoms with Crippen molar-refractivity contribution in [3.8, 4) is 0 Å². The number of carboxylic acid groups (broad SMARTS) is 1. The maximum absolute atomic E-state index is 12.0. The van der Waals surface area contributed by atoms with Crippen molar-refractivity contribution < 1.29 is 14.7 Å². The third kappa shape index (κ3) is 3.79. The molecule has 0 saturated carbocycles. The molecule has 21 heavy (non-hydrogen) atoms. The molecular formula is C14H15N3O3S. The first-order valence-corrected chi connectivity index (χ1v) is 7.29. The maximum Gasteiger partial charge on any atom is 0.337 e. The van der Waals surface area contributed by atoms with E-state index in [-0.39, 0.29) is 17.3 Å². The monoisotopic (exact) mass is 305 g/mol. The van der Waals surface area contributed by atoms with E-state index in [4.69, 9.17) is 5.11 Å². The number of thiazole rings is 1. The summed E-state index contributed by atoms with van der Waals surface area (Å²) >= 11 is 1.46. The number of carboxylic acids is 1. The minimum absolute atomic E-state index is 0.0509. The van der Waals surface area contributed by atoms with Gasteiger partial charge in [-0.25, -0.2) is 14.6 Å². The summed E-state index contributed by atoms with van der Waals surface area (Å²) in [6.45, 7) is 1.94. The first-order valence-electron chi connectivity index (χ1n) is 6.41. The van der Waals surface area contributed by atoms with Gasteiger partial charge in [0.25, 0.3) is 0 Å². The largest absolute Gasteiger partial charge is 0.478 e. The summed E-state index contributed by atoms with van der Waals surface area (Å²) in [7, 11) is 0. The number of aromatic nitrogens is 1. The van der Waals surface area contributed by atoms with E-state index in [1.807, 2.05) is 12.3 Å². The second kappa shape index (κ2) is 6.85. The number of para-hydroxylation sites is 1. The Hall–Kier alpha value is -2.41. The van der Waals surface area contributed by atoms with E-state index in [9.17, 15) is 9.59 Å². The number of anilines is 1. The molecular weight excluding hydrogens is 290 g/mol. The van der Waals surface area contributed by atoms with Crippen LogP contribution in [-0.4, -0.2) is 22.1 Å². The number of aromatic carboxylic acids is 1. The van der Waals surface area contributed by atoms with Crippen LogP contribution in [0.2, 0.25) is 0 Å². The zero-order valence-corrected chi connectivity index (χ0v) is 12.2. The van der Waals surface area contributed by atoms with Crippen molar-refractivity contribution >= 4 is 29.0 Å². The third-order valence-electron chi connectivity index (χ3n) is 2.87. The van der Waals surface area contributed by atoms with Crippen LogP contribution in [0.3, 0.4) is 0 Å². The van der Waals surface area contributed by atoms with E-state index in [2.05, 4.69) is 15.6 Å². The van der Waals surface area contributed by atoms with E-state index in [0.717, 1.165) is 5.01 Å². The summed E-state index contributed by atoms with van der Waals surface area (Å²) in [5.74, 6) is -1.09. The van der Waals surface area contributed by atoms with Crippen LogP contribution in [0.25, 0.3) is 0 Å². The highest BCUT2D eigenvalue weighted by Crippen LogP contribution is 2.19. The number of carbonyl (C=O) groups excluding carboxylic acids is 1. The van der Waals surface area contributed by atoms with Crippen molar-refractivity contribution in [3.63, 3.8) is 0 Å². The number of carbonyl (C=O) groups is 2. The normalized spacial score (nSPS) is 11.7. The minimum atomic E-state index is -1.09. The Morgan fingerprint density at radius 1 is 1.38 bits per heavy atom. The number of amides is 2. The number of rotatable bonds is 5. The summed E-state index contributed by atoms with van der Waals surface area (Å²) < 4.78 is 0. The molecule has 0 spiro atoms. The van der Waals surface area contributed by atoms with Crippen LogP contribution in [0, 0.1) is 0 Å². The second-order valence-electron chi connectivity index (χ2n) is 4.28. The van der Waals surface area contributed by atoms with Gasteiger partial charge < -0.3 is 15.7 Å². The molecule has 0 aliphatic heterocycles. The Morgan fingerprint density at radius 2 is 2.14 bits per heavy atom. The Morgan fingerprint density at radius 3 is 2.76 bits per heavy atom. The third-order valence-corrected chi connectivity index (χ3v) is 3.76. The van der Waals surface area contributed by atoms with Crippen LogP contribution in [0.5, 0.6) is 0 Å². The SMILES string of the molecule is CCC(NC(=O)Nc1ccccc1C(=O)O)c1nccs1. The Labute approximate surface area is 125 Å². The number of nitrogens with zero attached hydrogens (tertiary/aromatic N) is 1. The zero-order valence-electron chi connectivity index (χ0n) is 11.4. The highest BCUT2D eigenvalue weighted by Gasteiger charge is 2.16. The fourth-order valence-electron chi connectivity index (χ4n) is 1.84. The fraction of sp³-hybridized carbons (Fsp3) is 0.214. The first kappa shape index (κ1) is 15.0. The van der Waals surface area contributed by atoms with Crippen LogP contribution in [0.15, 0.2) is 35.8 Å². The number of hydrogen-bond acceptors (Lipinski definition) is 4. The van der Waals surface area contributed by atoms with E-state index in [1.54, 1.807) is 24.4 Å². The lowest BCUT2D eigenvalue weighted by Crippen LogP contribution is -2.32. The molecule has 2 rings (SSSR count). The molecule has 1 unspecified atom stereocenters. The molecule has 110 valence electrons. The summed E-state index contributed by atoms with van der Waals surface area (Å²) in [6.07, 6.45) is 2.38. The topological polar surface area (TPSA) is 91.3 Å². The molecule has 6 nitrogen and oxygen atoms in total. The quantitative estimate of drug-likeness (QED) is 0.791. The Kier molecular flexibility index (Phi) is 4.89. The molecule has 0 radical (unpaired) electrons. The average Bonchev–Trinajstić information content (AvgIpc) is 2.99. The van der Waals surface area contributed by atoms with Gasteiger partial charge in [0.15, 0.2) is 0 Å². The van der Waals surface area contributed by atoms with Gasteiger partial charge in [-0.1, -0.05) is 19.1 Å². The summed E-state index contributed by atoms with van der Waals surface area (Å²) in [6, 6.07) is 5.62. The van der Waals surface area contributed by atoms with E-state index < -0.39 is 12.0 Å². The lowest BCUT2D eigenvalue weighted by Gasteiger charge is -2.15. The van der Waals surface area contributed by atoms with Crippen molar-refractivity contribution in [2.24, 2.45) is 0 Å². The molecule has 3 N–H and O–H groups in total. The molecule has 2 aromatic rings. The van der Waals surface area contributed by atoms with E-state index >= 15 is 0 Å². The molecule has 2 amide bonds. The lowest BCUT2D eigenvalue weighted by atomic mass is 10.2. The number of urea groups is 1. The molecule has 0 aliphatic carbocycles. The van der Waals surface area contributed by atoms with E-state index in [1.165, 1.54) is 17.4 Å². The van der Waals surface area contributed by atoms with Gasteiger partial charge in [-0.15, -0.1) is 11.3 Å². The van der Waals surface area contributed by atoms with Crippen molar-refractivity contribution in [2.45, 2.75) is 19.4 Å². The summed E-state index contributed by atoms with van der Waals surface area (Å²) in [4.78, 5) is 27.3. The molecule has 0 saturated heterocycles. The van der Waals surface area contributed by atoms with Crippen LogP contribution in [0.4, 0.5) is 10.5 Å². The molecule has 1 aromatic carbocycles. The van der Waals surface area contributed by atoms with Crippen molar-refractivity contribution in [1.29, 1.82) is 0 Å². The van der Waals surface area contributed by atoms with Crippen LogP contribution >= 0.6 is 11.3 Å². The van der Waals surface area contributed by atoms with Crippen LogP contribution in [-0.2, 0) is 0 Å². The molecule has 1 aromatic heterocycles. The highest BCUT2D eigenvalue weighted by molar-refractivity contribution is 7.09. The molecule has 0 fully saturated rings. The molecule has 0 bridgehead atoms. The highest BCUT2D eigenvalue weighted by atomic mass is 32.1. The van der Waals surface area contributed by atoms with Gasteiger partial charge in [-0.3, -0.25) is 0 Å². The fourth-order valence-corrected chi connectivity index (χ4v) is 2.61. The van der Waals surface area contributed by atoms with Crippen molar-refractivity contribution in [2.75, 3.05) is 5.32 Å². The minimum Gasteiger partial charge on any atom is -0.478 e. The number of nitrogens with one attached hydrogen (secondary N) is 2. The van der Waals surface area contributed by atoms with Gasteiger partial charge in [0.05, 0.1) is 17.3 Å². The first-order chi connectivity index (χ1) is 10.1. The second-order valence-corrected chi connectivity index (χ2v) is 5.21. The van der Waals surface area contributed by atoms with Crippen molar-refractivity contribution in [1.82, 2.24) is 10.3 Å².